The molecule has 0 aliphatic carbocycles. The number of hydrogen-bond donors (Lipinski definition) is 0. The highest BCUT2D eigenvalue weighted by molar-refractivity contribution is 5.11. The van der Waals surface area contributed by atoms with Crippen LogP contribution in [0.4, 0.5) is 0 Å². The summed E-state index contributed by atoms with van der Waals surface area (Å²) in [6.07, 6.45) is 0. The van der Waals surface area contributed by atoms with Crippen molar-refractivity contribution in [2.24, 2.45) is 0 Å². The molecule has 0 aliphatic heterocycles. The van der Waals surface area contributed by atoms with E-state index < -0.39 is 0 Å². The summed E-state index contributed by atoms with van der Waals surface area (Å²) in [4.78, 5) is 8.00. The lowest BCUT2D eigenvalue weighted by Crippen LogP contribution is -1.47. The molecule has 0 spiro atoms. The molecule has 0 aromatic heterocycles. The van der Waals surface area contributed by atoms with Crippen LogP contribution in [0.15, 0.2) is 36.4 Å². The third-order valence-corrected chi connectivity index (χ3v) is 0.667. The molecule has 1 rings (SSSR count). The van der Waals surface area contributed by atoms with Gasteiger partial charge in [-0.05, 0) is 0 Å². The molecule has 0 atom stereocenters. The van der Waals surface area contributed by atoms with Crippen molar-refractivity contribution in [2.45, 2.75) is 7.43 Å². The molecule has 10 heavy (non-hydrogen) atoms. The summed E-state index contributed by atoms with van der Waals surface area (Å²) in [5.74, 6) is 0. The summed E-state index contributed by atoms with van der Waals surface area (Å²) in [7, 11) is 0. The minimum absolute atomic E-state index is 0. The van der Waals surface area contributed by atoms with Crippen molar-refractivity contribution in [3.8, 4) is 0 Å². The number of carbonyl (C=O) groups excluding carboxylic acids is 1. The third-order valence-electron chi connectivity index (χ3n) is 0.667. The average molecular weight is 142 g/mol. The zero-order valence-corrected chi connectivity index (χ0v) is 5.08. The van der Waals surface area contributed by atoms with Crippen molar-refractivity contribution in [2.75, 3.05) is 0 Å². The van der Waals surface area contributed by atoms with E-state index in [1.54, 1.807) is 0 Å². The van der Waals surface area contributed by atoms with Gasteiger partial charge in [-0.15, -0.1) is 0 Å². The number of carbonyl (C=O) groups is 1. The molecule has 0 radical (unpaired) electrons. The van der Waals surface area contributed by atoms with Crippen molar-refractivity contribution < 1.29 is 10.3 Å². The first-order chi connectivity index (χ1) is 4.00. The van der Waals surface area contributed by atoms with Crippen LogP contribution in [0.5, 0.6) is 0 Å². The Balaban J connectivity index is -0.000000114. The second-order valence-corrected chi connectivity index (χ2v) is 1.15. The molecular weight excluding hydrogens is 128 g/mol. The molecule has 1 aromatic rings. The summed E-state index contributed by atoms with van der Waals surface area (Å²) >= 11 is 0. The van der Waals surface area contributed by atoms with E-state index >= 15 is 0 Å². The zero-order chi connectivity index (χ0) is 6.24. The smallest absolute Gasteiger partial charge is 0.106 e. The first-order valence-corrected chi connectivity index (χ1v) is 2.29. The largest absolute Gasteiger partial charge is 0.412 e. The van der Waals surface area contributed by atoms with E-state index in [1.807, 2.05) is 43.2 Å². The van der Waals surface area contributed by atoms with Crippen LogP contribution in [0, 0.1) is 0 Å². The first kappa shape index (κ1) is 15.9. The van der Waals surface area contributed by atoms with Gasteiger partial charge < -0.3 is 10.3 Å². The Morgan fingerprint density at radius 2 is 0.800 bits per heavy atom. The highest BCUT2D eigenvalue weighted by atomic mass is 16.1. The molecule has 2 heteroatoms. The van der Waals surface area contributed by atoms with Crippen LogP contribution >= 0.6 is 0 Å². The molecular formula is C8H14O2. The predicted octanol–water partition coefficient (Wildman–Crippen LogP) is 1.31. The summed E-state index contributed by atoms with van der Waals surface area (Å²) < 4.78 is 0. The first-order valence-electron chi connectivity index (χ1n) is 2.29. The van der Waals surface area contributed by atoms with Crippen LogP contribution in [-0.2, 0) is 4.79 Å². The van der Waals surface area contributed by atoms with Gasteiger partial charge in [-0.3, -0.25) is 0 Å². The number of hydrogen-bond acceptors (Lipinski definition) is 1. The SMILES string of the molecule is C.C=O.O.c1ccccc1. The molecule has 0 unspecified atom stereocenters. The van der Waals surface area contributed by atoms with Crippen molar-refractivity contribution in [3.63, 3.8) is 0 Å². The maximum Gasteiger partial charge on any atom is 0.106 e. The molecule has 0 heterocycles. The Bertz CT molecular complexity index is 90.1. The van der Waals surface area contributed by atoms with Crippen LogP contribution in [-0.4, -0.2) is 12.3 Å². The zero-order valence-electron chi connectivity index (χ0n) is 5.08. The van der Waals surface area contributed by atoms with Gasteiger partial charge in [0.2, 0.25) is 0 Å². The van der Waals surface area contributed by atoms with E-state index in [2.05, 4.69) is 0 Å². The second kappa shape index (κ2) is 15.7. The van der Waals surface area contributed by atoms with Crippen molar-refractivity contribution in [3.05, 3.63) is 36.4 Å². The molecule has 0 fully saturated rings. The Kier molecular flexibility index (Phi) is 25.0. The van der Waals surface area contributed by atoms with Gasteiger partial charge in [-0.1, -0.05) is 43.8 Å². The lowest BCUT2D eigenvalue weighted by molar-refractivity contribution is -0.0979. The van der Waals surface area contributed by atoms with Gasteiger partial charge in [0.15, 0.2) is 0 Å². The molecule has 0 amide bonds. The molecule has 0 saturated heterocycles. The van der Waals surface area contributed by atoms with E-state index in [-0.39, 0.29) is 12.9 Å². The van der Waals surface area contributed by atoms with Gasteiger partial charge in [-0.25, -0.2) is 0 Å². The van der Waals surface area contributed by atoms with Crippen molar-refractivity contribution in [1.82, 2.24) is 0 Å². The maximum atomic E-state index is 8.00. The highest BCUT2D eigenvalue weighted by Gasteiger charge is 1.57. The Morgan fingerprint density at radius 3 is 0.900 bits per heavy atom. The normalized spacial score (nSPS) is 5.20. The Hall–Kier alpha value is -1.15. The Labute approximate surface area is 61.8 Å². The molecule has 58 valence electrons. The van der Waals surface area contributed by atoms with E-state index in [4.69, 9.17) is 4.79 Å². The predicted molar refractivity (Wildman–Crippen MR) is 43.9 cm³/mol. The van der Waals surface area contributed by atoms with E-state index in [9.17, 15) is 0 Å². The molecule has 1 aromatic carbocycles. The fourth-order valence-electron chi connectivity index (χ4n) is 0.385. The van der Waals surface area contributed by atoms with Gasteiger partial charge in [0.1, 0.15) is 6.79 Å². The van der Waals surface area contributed by atoms with Gasteiger partial charge in [0.05, 0.1) is 0 Å². The molecule has 0 aliphatic rings. The van der Waals surface area contributed by atoms with Gasteiger partial charge >= 0.3 is 0 Å². The highest BCUT2D eigenvalue weighted by Crippen LogP contribution is 1.79. The molecule has 0 bridgehead atoms. The topological polar surface area (TPSA) is 48.6 Å². The molecule has 0 saturated carbocycles. The van der Waals surface area contributed by atoms with Crippen molar-refractivity contribution >= 4 is 6.79 Å². The van der Waals surface area contributed by atoms with Crippen molar-refractivity contribution in [1.29, 1.82) is 0 Å². The average Bonchev–Trinajstić information content (AvgIpc) is 1.96. The van der Waals surface area contributed by atoms with Crippen LogP contribution in [0.25, 0.3) is 0 Å². The number of rotatable bonds is 0. The lowest BCUT2D eigenvalue weighted by atomic mass is 10.4. The molecule has 2 nitrogen and oxygen atoms in total. The quantitative estimate of drug-likeness (QED) is 0.538. The Morgan fingerprint density at radius 1 is 0.700 bits per heavy atom. The minimum atomic E-state index is 0. The fourth-order valence-corrected chi connectivity index (χ4v) is 0.385. The minimum Gasteiger partial charge on any atom is -0.412 e. The second-order valence-electron chi connectivity index (χ2n) is 1.15. The van der Waals surface area contributed by atoms with E-state index in [0.29, 0.717) is 0 Å². The van der Waals surface area contributed by atoms with E-state index in [1.165, 1.54) is 0 Å². The lowest BCUT2D eigenvalue weighted by Gasteiger charge is -1.69. The van der Waals surface area contributed by atoms with Crippen LogP contribution in [0.2, 0.25) is 0 Å². The van der Waals surface area contributed by atoms with Crippen LogP contribution in [0.1, 0.15) is 7.43 Å². The number of benzene rings is 1. The fraction of sp³-hybridized carbons (Fsp3) is 0.125. The summed E-state index contributed by atoms with van der Waals surface area (Å²) in [5.41, 5.74) is 0. The standard InChI is InChI=1S/C6H6.CH2O.CH4.H2O/c1-2-4-6-5-3-1;1-2;;/h1-6H;1H2;1H4;1H2. The van der Waals surface area contributed by atoms with Gasteiger partial charge in [0.25, 0.3) is 0 Å². The summed E-state index contributed by atoms with van der Waals surface area (Å²) in [5, 5.41) is 0. The van der Waals surface area contributed by atoms with Crippen LogP contribution < -0.4 is 0 Å². The van der Waals surface area contributed by atoms with E-state index in [0.717, 1.165) is 0 Å². The summed E-state index contributed by atoms with van der Waals surface area (Å²) in [6, 6.07) is 12.0. The van der Waals surface area contributed by atoms with Gasteiger partial charge in [-0.2, -0.15) is 0 Å². The maximum absolute atomic E-state index is 8.00. The van der Waals surface area contributed by atoms with Crippen LogP contribution in [0.3, 0.4) is 0 Å². The summed E-state index contributed by atoms with van der Waals surface area (Å²) in [6.45, 7) is 2.00. The molecule has 2 N–H and O–H groups in total. The monoisotopic (exact) mass is 142 g/mol. The third kappa shape index (κ3) is 9.97. The van der Waals surface area contributed by atoms with Gasteiger partial charge in [0, 0.05) is 0 Å².